The fraction of sp³-hybridized carbons (Fsp3) is 0.600. The van der Waals surface area contributed by atoms with Gasteiger partial charge in [0.15, 0.2) is 0 Å². The molecule has 0 radical (unpaired) electrons. The lowest BCUT2D eigenvalue weighted by Gasteiger charge is -2.31. The van der Waals surface area contributed by atoms with Crippen LogP contribution in [0, 0.1) is 5.92 Å². The van der Waals surface area contributed by atoms with E-state index in [9.17, 15) is 9.59 Å². The number of nitrogens with one attached hydrogen (secondary N) is 1. The number of para-hydroxylation sites is 1. The molecule has 1 aromatic carbocycles. The Balaban J connectivity index is 1.34. The van der Waals surface area contributed by atoms with Crippen LogP contribution in [-0.4, -0.2) is 53.7 Å². The van der Waals surface area contributed by atoms with Crippen LogP contribution < -0.4 is 10.2 Å². The molecule has 1 saturated heterocycles. The van der Waals surface area contributed by atoms with Gasteiger partial charge in [0, 0.05) is 31.4 Å². The molecule has 1 aromatic rings. The van der Waals surface area contributed by atoms with E-state index in [0.717, 1.165) is 45.3 Å². The van der Waals surface area contributed by atoms with Crippen molar-refractivity contribution >= 4 is 17.7 Å². The Kier molecular flexibility index (Phi) is 4.74. The maximum Gasteiger partial charge on any atom is 0.317 e. The number of hydrogen-bond acceptors (Lipinski definition) is 3. The number of benzene rings is 1. The third kappa shape index (κ3) is 3.37. The normalized spacial score (nSPS) is 28.1. The van der Waals surface area contributed by atoms with E-state index in [1.165, 1.54) is 11.3 Å². The highest BCUT2D eigenvalue weighted by Gasteiger charge is 2.34. The predicted molar refractivity (Wildman–Crippen MR) is 99.4 cm³/mol. The first-order chi connectivity index (χ1) is 12.6. The summed E-state index contributed by atoms with van der Waals surface area (Å²) >= 11 is 0. The molecule has 1 atom stereocenters. The topological polar surface area (TPSA) is 72.9 Å². The van der Waals surface area contributed by atoms with E-state index < -0.39 is 5.97 Å². The van der Waals surface area contributed by atoms with E-state index in [4.69, 9.17) is 5.11 Å². The van der Waals surface area contributed by atoms with E-state index in [1.54, 1.807) is 0 Å². The van der Waals surface area contributed by atoms with Gasteiger partial charge < -0.3 is 20.2 Å². The summed E-state index contributed by atoms with van der Waals surface area (Å²) in [7, 11) is 0. The summed E-state index contributed by atoms with van der Waals surface area (Å²) < 4.78 is 0. The van der Waals surface area contributed by atoms with Gasteiger partial charge in [-0.1, -0.05) is 18.2 Å². The highest BCUT2D eigenvalue weighted by atomic mass is 16.4. The largest absolute Gasteiger partial charge is 0.481 e. The first kappa shape index (κ1) is 17.2. The number of aliphatic carboxylic acids is 1. The highest BCUT2D eigenvalue weighted by molar-refractivity contribution is 5.75. The maximum absolute atomic E-state index is 12.8. The second-order valence-corrected chi connectivity index (χ2v) is 7.82. The summed E-state index contributed by atoms with van der Waals surface area (Å²) in [6, 6.07) is 9.04. The predicted octanol–water partition coefficient (Wildman–Crippen LogP) is 2.48. The van der Waals surface area contributed by atoms with E-state index in [0.29, 0.717) is 18.9 Å². The fourth-order valence-electron chi connectivity index (χ4n) is 4.70. The maximum atomic E-state index is 12.8. The Morgan fingerprint density at radius 1 is 1.08 bits per heavy atom. The summed E-state index contributed by atoms with van der Waals surface area (Å²) in [5, 5.41) is 12.3. The van der Waals surface area contributed by atoms with E-state index in [-0.39, 0.29) is 18.0 Å². The van der Waals surface area contributed by atoms with Gasteiger partial charge in [0.2, 0.25) is 0 Å². The number of fused-ring (bicyclic) bond motifs is 3. The Hall–Kier alpha value is -2.24. The number of carbonyl (C=O) groups is 2. The van der Waals surface area contributed by atoms with Gasteiger partial charge in [0.25, 0.3) is 0 Å². The van der Waals surface area contributed by atoms with Crippen LogP contribution in [0.4, 0.5) is 10.5 Å². The lowest BCUT2D eigenvalue weighted by molar-refractivity contribution is -0.142. The molecule has 2 aliphatic heterocycles. The molecule has 140 valence electrons. The van der Waals surface area contributed by atoms with Crippen molar-refractivity contribution in [3.05, 3.63) is 29.8 Å². The molecule has 2 amide bonds. The number of rotatable bonds is 2. The van der Waals surface area contributed by atoms with E-state index >= 15 is 0 Å². The van der Waals surface area contributed by atoms with Crippen molar-refractivity contribution in [2.24, 2.45) is 5.92 Å². The molecule has 2 fully saturated rings. The monoisotopic (exact) mass is 357 g/mol. The Labute approximate surface area is 154 Å². The lowest BCUT2D eigenvalue weighted by Crippen LogP contribution is -2.49. The standard InChI is InChI=1S/C20H27N3O3/c24-19(25)14-6-8-16(9-7-14)21-20(26)22-10-3-11-23-17(13-22)12-15-4-1-2-5-18(15)23/h1-2,4-5,14,16-17H,3,6-13H2,(H,21,26)(H,24,25). The number of nitrogens with zero attached hydrogens (tertiary/aromatic N) is 2. The van der Waals surface area contributed by atoms with Crippen LogP contribution in [0.2, 0.25) is 0 Å². The SMILES string of the molecule is O=C(O)C1CCC(NC(=O)N2CCCN3c4ccccc4CC3C2)CC1. The number of amides is 2. The lowest BCUT2D eigenvalue weighted by atomic mass is 9.86. The molecule has 1 saturated carbocycles. The third-order valence-electron chi connectivity index (χ3n) is 6.15. The zero-order chi connectivity index (χ0) is 18.1. The van der Waals surface area contributed by atoms with Crippen molar-refractivity contribution in [3.63, 3.8) is 0 Å². The van der Waals surface area contributed by atoms with Gasteiger partial charge in [-0.25, -0.2) is 4.79 Å². The minimum absolute atomic E-state index is 0.0154. The van der Waals surface area contributed by atoms with Gasteiger partial charge in [-0.2, -0.15) is 0 Å². The molecule has 0 aromatic heterocycles. The van der Waals surface area contributed by atoms with Crippen LogP contribution in [0.3, 0.4) is 0 Å². The fourth-order valence-corrected chi connectivity index (χ4v) is 4.70. The Bertz CT molecular complexity index is 685. The zero-order valence-electron chi connectivity index (χ0n) is 15.1. The number of urea groups is 1. The first-order valence-corrected chi connectivity index (χ1v) is 9.74. The van der Waals surface area contributed by atoms with Crippen LogP contribution >= 0.6 is 0 Å². The van der Waals surface area contributed by atoms with Crippen LogP contribution in [0.1, 0.15) is 37.7 Å². The van der Waals surface area contributed by atoms with Crippen molar-refractivity contribution in [2.75, 3.05) is 24.5 Å². The summed E-state index contributed by atoms with van der Waals surface area (Å²) in [6.45, 7) is 2.53. The van der Waals surface area contributed by atoms with Crippen LogP contribution in [-0.2, 0) is 11.2 Å². The second-order valence-electron chi connectivity index (χ2n) is 7.82. The second kappa shape index (κ2) is 7.17. The first-order valence-electron chi connectivity index (χ1n) is 9.74. The number of anilines is 1. The molecule has 26 heavy (non-hydrogen) atoms. The number of carboxylic acid groups (broad SMARTS) is 1. The van der Waals surface area contributed by atoms with Crippen molar-refractivity contribution in [1.29, 1.82) is 0 Å². The molecule has 6 nitrogen and oxygen atoms in total. The van der Waals surface area contributed by atoms with Crippen molar-refractivity contribution in [2.45, 2.75) is 50.6 Å². The zero-order valence-corrected chi connectivity index (χ0v) is 15.1. The average Bonchev–Trinajstić information content (AvgIpc) is 2.84. The van der Waals surface area contributed by atoms with Gasteiger partial charge in [-0.3, -0.25) is 4.79 Å². The average molecular weight is 357 g/mol. The molecular formula is C20H27N3O3. The Morgan fingerprint density at radius 2 is 1.85 bits per heavy atom. The quantitative estimate of drug-likeness (QED) is 0.853. The Morgan fingerprint density at radius 3 is 2.62 bits per heavy atom. The smallest absolute Gasteiger partial charge is 0.317 e. The minimum Gasteiger partial charge on any atom is -0.481 e. The number of carboxylic acids is 1. The minimum atomic E-state index is -0.705. The molecule has 1 unspecified atom stereocenters. The molecule has 2 N–H and O–H groups in total. The molecule has 1 aliphatic carbocycles. The molecule has 6 heteroatoms. The molecule has 0 bridgehead atoms. The molecule has 3 aliphatic rings. The van der Waals surface area contributed by atoms with Gasteiger partial charge in [-0.05, 0) is 50.2 Å². The molecule has 0 spiro atoms. The van der Waals surface area contributed by atoms with Crippen molar-refractivity contribution < 1.29 is 14.7 Å². The van der Waals surface area contributed by atoms with Crippen molar-refractivity contribution in [3.8, 4) is 0 Å². The van der Waals surface area contributed by atoms with Crippen LogP contribution in [0.25, 0.3) is 0 Å². The summed E-state index contributed by atoms with van der Waals surface area (Å²) in [5.41, 5.74) is 2.71. The summed E-state index contributed by atoms with van der Waals surface area (Å²) in [4.78, 5) is 28.3. The third-order valence-corrected chi connectivity index (χ3v) is 6.15. The number of carbonyl (C=O) groups excluding carboxylic acids is 1. The molecule has 2 heterocycles. The van der Waals surface area contributed by atoms with Gasteiger partial charge in [0.05, 0.1) is 12.0 Å². The van der Waals surface area contributed by atoms with Crippen LogP contribution in [0.5, 0.6) is 0 Å². The molecular weight excluding hydrogens is 330 g/mol. The molecule has 4 rings (SSSR count). The van der Waals surface area contributed by atoms with Crippen molar-refractivity contribution in [1.82, 2.24) is 10.2 Å². The number of hydrogen-bond donors (Lipinski definition) is 2. The summed E-state index contributed by atoms with van der Waals surface area (Å²) in [6.07, 6.45) is 4.82. The summed E-state index contributed by atoms with van der Waals surface area (Å²) in [5.74, 6) is -0.949. The van der Waals surface area contributed by atoms with E-state index in [2.05, 4.69) is 34.5 Å². The van der Waals surface area contributed by atoms with Gasteiger partial charge in [-0.15, -0.1) is 0 Å². The van der Waals surface area contributed by atoms with E-state index in [1.807, 2.05) is 4.90 Å². The van der Waals surface area contributed by atoms with Crippen LogP contribution in [0.15, 0.2) is 24.3 Å². The highest BCUT2D eigenvalue weighted by Crippen LogP contribution is 2.33. The van der Waals surface area contributed by atoms with Gasteiger partial charge in [0.1, 0.15) is 0 Å². The van der Waals surface area contributed by atoms with Gasteiger partial charge >= 0.3 is 12.0 Å².